The molecular formula is C21H25ClN2O2. The van der Waals surface area contributed by atoms with Crippen LogP contribution in [0.15, 0.2) is 48.5 Å². The summed E-state index contributed by atoms with van der Waals surface area (Å²) < 4.78 is 0. The molecule has 0 aliphatic heterocycles. The Balaban J connectivity index is 1.99. The maximum atomic E-state index is 12.6. The molecule has 138 valence electrons. The zero-order valence-electron chi connectivity index (χ0n) is 15.6. The highest BCUT2D eigenvalue weighted by Gasteiger charge is 2.36. The minimum atomic E-state index is -1.21. The van der Waals surface area contributed by atoms with Crippen molar-refractivity contribution in [2.75, 3.05) is 5.32 Å². The highest BCUT2D eigenvalue weighted by molar-refractivity contribution is 6.31. The van der Waals surface area contributed by atoms with E-state index in [0.717, 1.165) is 5.56 Å². The number of carbonyl (C=O) groups is 2. The standard InChI is InChI=1S/C21H25ClN2O2/c1-14(2)15-9-11-17(12-10-15)24-20(26)21(3,4)19(25)23-13-16-7-5-6-8-18(16)22/h5-12,14H,13H2,1-4H3,(H,23,25)(H,24,26). The lowest BCUT2D eigenvalue weighted by atomic mass is 9.90. The summed E-state index contributed by atoms with van der Waals surface area (Å²) in [5.41, 5.74) is 1.46. The second kappa shape index (κ2) is 8.37. The number of benzene rings is 2. The number of carbonyl (C=O) groups excluding carboxylic acids is 2. The maximum Gasteiger partial charge on any atom is 0.239 e. The van der Waals surface area contributed by atoms with Gasteiger partial charge in [-0.1, -0.05) is 55.8 Å². The van der Waals surface area contributed by atoms with Crippen LogP contribution in [0.3, 0.4) is 0 Å². The van der Waals surface area contributed by atoms with E-state index in [1.807, 2.05) is 42.5 Å². The lowest BCUT2D eigenvalue weighted by Crippen LogP contribution is -2.44. The molecule has 0 saturated heterocycles. The third kappa shape index (κ3) is 4.85. The van der Waals surface area contributed by atoms with E-state index in [2.05, 4.69) is 24.5 Å². The molecule has 0 unspecified atom stereocenters. The third-order valence-corrected chi connectivity index (χ3v) is 4.74. The van der Waals surface area contributed by atoms with Crippen molar-refractivity contribution in [1.82, 2.24) is 5.32 Å². The molecule has 0 spiro atoms. The molecule has 2 aromatic rings. The summed E-state index contributed by atoms with van der Waals surface area (Å²) >= 11 is 6.10. The second-order valence-electron chi connectivity index (χ2n) is 7.13. The Kier molecular flexibility index (Phi) is 6.43. The van der Waals surface area contributed by atoms with Crippen molar-refractivity contribution in [3.8, 4) is 0 Å². The van der Waals surface area contributed by atoms with Gasteiger partial charge < -0.3 is 10.6 Å². The monoisotopic (exact) mass is 372 g/mol. The van der Waals surface area contributed by atoms with Gasteiger partial charge in [0, 0.05) is 17.3 Å². The Labute approximate surface area is 159 Å². The first-order valence-corrected chi connectivity index (χ1v) is 9.02. The van der Waals surface area contributed by atoms with Crippen molar-refractivity contribution < 1.29 is 9.59 Å². The molecule has 0 radical (unpaired) electrons. The van der Waals surface area contributed by atoms with Crippen LogP contribution in [0.25, 0.3) is 0 Å². The first-order chi connectivity index (χ1) is 12.2. The van der Waals surface area contributed by atoms with Gasteiger partial charge in [0.15, 0.2) is 0 Å². The molecule has 0 aromatic heterocycles. The molecule has 2 amide bonds. The van der Waals surface area contributed by atoms with Crippen LogP contribution in [-0.4, -0.2) is 11.8 Å². The molecule has 0 fully saturated rings. The van der Waals surface area contributed by atoms with Crippen LogP contribution in [0.4, 0.5) is 5.69 Å². The Morgan fingerprint density at radius 2 is 1.62 bits per heavy atom. The van der Waals surface area contributed by atoms with E-state index in [1.54, 1.807) is 19.9 Å². The van der Waals surface area contributed by atoms with Crippen LogP contribution in [0.2, 0.25) is 5.02 Å². The number of hydrogen-bond acceptors (Lipinski definition) is 2. The van der Waals surface area contributed by atoms with Crippen LogP contribution in [0, 0.1) is 5.41 Å². The fourth-order valence-electron chi connectivity index (χ4n) is 2.38. The Morgan fingerprint density at radius 1 is 1.00 bits per heavy atom. The zero-order valence-corrected chi connectivity index (χ0v) is 16.4. The van der Waals surface area contributed by atoms with Gasteiger partial charge >= 0.3 is 0 Å². The number of hydrogen-bond donors (Lipinski definition) is 2. The molecule has 0 bridgehead atoms. The van der Waals surface area contributed by atoms with E-state index in [1.165, 1.54) is 5.56 Å². The van der Waals surface area contributed by atoms with Gasteiger partial charge in [0.1, 0.15) is 5.41 Å². The molecule has 2 N–H and O–H groups in total. The minimum Gasteiger partial charge on any atom is -0.351 e. The van der Waals surface area contributed by atoms with Crippen molar-refractivity contribution in [2.24, 2.45) is 5.41 Å². The van der Waals surface area contributed by atoms with Gasteiger partial charge in [0.25, 0.3) is 0 Å². The molecule has 0 heterocycles. The van der Waals surface area contributed by atoms with Gasteiger partial charge in [-0.05, 0) is 49.1 Å². The maximum absolute atomic E-state index is 12.6. The van der Waals surface area contributed by atoms with Gasteiger partial charge in [0.2, 0.25) is 11.8 Å². The molecule has 0 saturated carbocycles. The number of halogens is 1. The molecule has 2 aromatic carbocycles. The number of rotatable bonds is 6. The van der Waals surface area contributed by atoms with Gasteiger partial charge in [-0.2, -0.15) is 0 Å². The summed E-state index contributed by atoms with van der Waals surface area (Å²) in [6.45, 7) is 7.71. The molecular weight excluding hydrogens is 348 g/mol. The third-order valence-electron chi connectivity index (χ3n) is 4.37. The molecule has 4 nitrogen and oxygen atoms in total. The predicted molar refractivity (Wildman–Crippen MR) is 106 cm³/mol. The normalized spacial score (nSPS) is 11.3. The van der Waals surface area contributed by atoms with Gasteiger partial charge in [-0.3, -0.25) is 9.59 Å². The molecule has 0 aliphatic carbocycles. The summed E-state index contributed by atoms with van der Waals surface area (Å²) in [4.78, 5) is 25.1. The van der Waals surface area contributed by atoms with Crippen LogP contribution in [0.5, 0.6) is 0 Å². The molecule has 0 atom stereocenters. The van der Waals surface area contributed by atoms with Gasteiger partial charge in [0.05, 0.1) is 0 Å². The first kappa shape index (κ1) is 20.0. The summed E-state index contributed by atoms with van der Waals surface area (Å²) in [6, 6.07) is 14.9. The minimum absolute atomic E-state index is 0.276. The van der Waals surface area contributed by atoms with Gasteiger partial charge in [-0.15, -0.1) is 0 Å². The summed E-state index contributed by atoms with van der Waals surface area (Å²) in [6.07, 6.45) is 0. The Hall–Kier alpha value is -2.33. The van der Waals surface area contributed by atoms with Crippen molar-refractivity contribution in [3.63, 3.8) is 0 Å². The molecule has 26 heavy (non-hydrogen) atoms. The summed E-state index contributed by atoms with van der Waals surface area (Å²) in [5.74, 6) is -0.285. The number of amides is 2. The Morgan fingerprint density at radius 3 is 2.19 bits per heavy atom. The summed E-state index contributed by atoms with van der Waals surface area (Å²) in [7, 11) is 0. The second-order valence-corrected chi connectivity index (χ2v) is 7.54. The van der Waals surface area contributed by atoms with Crippen LogP contribution < -0.4 is 10.6 Å². The molecule has 2 rings (SSSR count). The lowest BCUT2D eigenvalue weighted by Gasteiger charge is -2.23. The predicted octanol–water partition coefficient (Wildman–Crippen LogP) is 4.74. The zero-order chi connectivity index (χ0) is 19.3. The lowest BCUT2D eigenvalue weighted by molar-refractivity contribution is -0.138. The van der Waals surface area contributed by atoms with E-state index >= 15 is 0 Å². The average molecular weight is 373 g/mol. The van der Waals surface area contributed by atoms with Crippen molar-refractivity contribution in [1.29, 1.82) is 0 Å². The highest BCUT2D eigenvalue weighted by Crippen LogP contribution is 2.22. The fraction of sp³-hybridized carbons (Fsp3) is 0.333. The van der Waals surface area contributed by atoms with Crippen molar-refractivity contribution in [2.45, 2.75) is 40.2 Å². The van der Waals surface area contributed by atoms with E-state index in [0.29, 0.717) is 16.6 Å². The summed E-state index contributed by atoms with van der Waals surface area (Å²) in [5, 5.41) is 6.18. The SMILES string of the molecule is CC(C)c1ccc(NC(=O)C(C)(C)C(=O)NCc2ccccc2Cl)cc1. The Bertz CT molecular complexity index is 783. The number of nitrogens with one attached hydrogen (secondary N) is 2. The van der Waals surface area contributed by atoms with E-state index < -0.39 is 5.41 Å². The molecule has 5 heteroatoms. The highest BCUT2D eigenvalue weighted by atomic mass is 35.5. The quantitative estimate of drug-likeness (QED) is 0.719. The van der Waals surface area contributed by atoms with Gasteiger partial charge in [-0.25, -0.2) is 0 Å². The topological polar surface area (TPSA) is 58.2 Å². The molecule has 0 aliphatic rings. The van der Waals surface area contributed by atoms with Crippen LogP contribution in [0.1, 0.15) is 44.7 Å². The fourth-order valence-corrected chi connectivity index (χ4v) is 2.58. The first-order valence-electron chi connectivity index (χ1n) is 8.65. The van der Waals surface area contributed by atoms with E-state index in [-0.39, 0.29) is 18.4 Å². The smallest absolute Gasteiger partial charge is 0.239 e. The van der Waals surface area contributed by atoms with Crippen molar-refractivity contribution in [3.05, 3.63) is 64.7 Å². The largest absolute Gasteiger partial charge is 0.351 e. The van der Waals surface area contributed by atoms with E-state index in [4.69, 9.17) is 11.6 Å². The van der Waals surface area contributed by atoms with Crippen LogP contribution in [-0.2, 0) is 16.1 Å². The average Bonchev–Trinajstić information content (AvgIpc) is 2.61. The number of anilines is 1. The van der Waals surface area contributed by atoms with Crippen LogP contribution >= 0.6 is 11.6 Å². The van der Waals surface area contributed by atoms with E-state index in [9.17, 15) is 9.59 Å². The van der Waals surface area contributed by atoms with Crippen molar-refractivity contribution >= 4 is 29.1 Å².